The van der Waals surface area contributed by atoms with Gasteiger partial charge in [0.2, 0.25) is 5.82 Å². The van der Waals surface area contributed by atoms with Crippen LogP contribution >= 0.6 is 0 Å². The van der Waals surface area contributed by atoms with Gasteiger partial charge in [0.1, 0.15) is 11.6 Å². The third-order valence-electron chi connectivity index (χ3n) is 4.28. The van der Waals surface area contributed by atoms with Crippen LogP contribution < -0.4 is 20.5 Å². The van der Waals surface area contributed by atoms with Gasteiger partial charge in [0, 0.05) is 13.7 Å². The van der Waals surface area contributed by atoms with Crippen LogP contribution in [0.1, 0.15) is 21.6 Å². The molecule has 1 amide bonds. The van der Waals surface area contributed by atoms with Crippen LogP contribution in [0, 0.1) is 5.82 Å². The number of benzene rings is 2. The third kappa shape index (κ3) is 6.56. The van der Waals surface area contributed by atoms with Gasteiger partial charge in [-0.15, -0.1) is 13.2 Å². The molecule has 3 N–H and O–H groups in total. The summed E-state index contributed by atoms with van der Waals surface area (Å²) in [5, 5.41) is 2.70. The Hall–Kier alpha value is -3.86. The van der Waals surface area contributed by atoms with Gasteiger partial charge in [0.15, 0.2) is 11.5 Å². The number of carbonyl (C=O) groups excluding carboxylic acids is 1. The molecular weight excluding hydrogens is 446 g/mol. The highest BCUT2D eigenvalue weighted by atomic mass is 19.4. The smallest absolute Gasteiger partial charge is 0.454 e. The van der Waals surface area contributed by atoms with Crippen LogP contribution in [0.2, 0.25) is 0 Å². The van der Waals surface area contributed by atoms with Gasteiger partial charge in [-0.3, -0.25) is 4.79 Å². The number of methoxy groups -OCH3 is 1. The van der Waals surface area contributed by atoms with E-state index in [2.05, 4.69) is 15.0 Å². The van der Waals surface area contributed by atoms with Gasteiger partial charge in [0.25, 0.3) is 5.91 Å². The van der Waals surface area contributed by atoms with Crippen LogP contribution in [0.25, 0.3) is 0 Å². The first-order valence-electron chi connectivity index (χ1n) is 9.50. The van der Waals surface area contributed by atoms with Gasteiger partial charge >= 0.3 is 6.36 Å². The number of nitrogens with one attached hydrogen (secondary N) is 1. The van der Waals surface area contributed by atoms with Crippen molar-refractivity contribution in [2.24, 2.45) is 0 Å². The Bertz CT molecular complexity index is 1120. The number of alkyl halides is 3. The van der Waals surface area contributed by atoms with Crippen molar-refractivity contribution < 1.29 is 36.6 Å². The molecule has 0 spiro atoms. The molecule has 0 aliphatic carbocycles. The van der Waals surface area contributed by atoms with E-state index in [1.807, 2.05) is 0 Å². The van der Waals surface area contributed by atoms with Crippen LogP contribution in [0.5, 0.6) is 17.2 Å². The van der Waals surface area contributed by atoms with Gasteiger partial charge in [-0.25, -0.2) is 4.98 Å². The van der Waals surface area contributed by atoms with Crippen LogP contribution in [0.15, 0.2) is 54.6 Å². The maximum Gasteiger partial charge on any atom is 0.573 e. The number of hydrogen-bond donors (Lipinski definition) is 2. The summed E-state index contributed by atoms with van der Waals surface area (Å²) in [5.41, 5.74) is 7.32. The highest BCUT2D eigenvalue weighted by Gasteiger charge is 2.33. The average molecular weight is 465 g/mol. The second kappa shape index (κ2) is 10.2. The van der Waals surface area contributed by atoms with Gasteiger partial charge in [0.05, 0.1) is 17.9 Å². The van der Waals surface area contributed by atoms with Gasteiger partial charge < -0.3 is 25.3 Å². The van der Waals surface area contributed by atoms with Gasteiger partial charge in [-0.2, -0.15) is 4.39 Å². The average Bonchev–Trinajstić information content (AvgIpc) is 2.75. The molecule has 1 heterocycles. The topological polar surface area (TPSA) is 95.7 Å². The van der Waals surface area contributed by atoms with Crippen molar-refractivity contribution in [3.05, 3.63) is 77.2 Å². The largest absolute Gasteiger partial charge is 0.573 e. The molecule has 7 nitrogen and oxygen atoms in total. The number of pyridine rings is 1. The lowest BCUT2D eigenvalue weighted by Crippen LogP contribution is -2.24. The minimum Gasteiger partial charge on any atom is -0.454 e. The molecule has 174 valence electrons. The highest BCUT2D eigenvalue weighted by Crippen LogP contribution is 2.33. The number of ether oxygens (including phenoxy) is 3. The molecule has 3 aromatic rings. The van der Waals surface area contributed by atoms with Crippen LogP contribution in [0.4, 0.5) is 23.4 Å². The molecule has 0 saturated heterocycles. The second-order valence-electron chi connectivity index (χ2n) is 6.71. The summed E-state index contributed by atoms with van der Waals surface area (Å²) in [6.45, 7) is 0.422. The zero-order chi connectivity index (χ0) is 24.0. The van der Waals surface area contributed by atoms with Crippen LogP contribution in [-0.4, -0.2) is 24.4 Å². The number of nitrogens with two attached hydrogens (primary N) is 1. The SMILES string of the molecule is COCc1ccc(C(=O)NCc2ccc(Oc3cccc(OC(F)(F)F)c3F)cc2)c(N)n1. The molecule has 0 aliphatic heterocycles. The molecule has 0 fully saturated rings. The molecular formula is C22H19F4N3O4. The third-order valence-corrected chi connectivity index (χ3v) is 4.28. The Morgan fingerprint density at radius 2 is 1.76 bits per heavy atom. The number of anilines is 1. The molecule has 1 aromatic heterocycles. The zero-order valence-corrected chi connectivity index (χ0v) is 17.3. The first-order valence-corrected chi connectivity index (χ1v) is 9.50. The quantitative estimate of drug-likeness (QED) is 0.473. The lowest BCUT2D eigenvalue weighted by molar-refractivity contribution is -0.275. The van der Waals surface area contributed by atoms with Gasteiger partial charge in [-0.05, 0) is 42.0 Å². The Kier molecular flexibility index (Phi) is 7.34. The van der Waals surface area contributed by atoms with Crippen LogP contribution in [-0.2, 0) is 17.9 Å². The maximum absolute atomic E-state index is 14.2. The minimum atomic E-state index is -5.03. The summed E-state index contributed by atoms with van der Waals surface area (Å²) in [4.78, 5) is 16.5. The molecule has 0 aliphatic rings. The van der Waals surface area contributed by atoms with Crippen molar-refractivity contribution in [2.45, 2.75) is 19.5 Å². The van der Waals surface area contributed by atoms with Crippen molar-refractivity contribution in [1.29, 1.82) is 0 Å². The lowest BCUT2D eigenvalue weighted by Gasteiger charge is -2.13. The fraction of sp³-hybridized carbons (Fsp3) is 0.182. The predicted octanol–water partition coefficient (Wildman–Crippen LogP) is 4.57. The normalized spacial score (nSPS) is 11.2. The number of amides is 1. The van der Waals surface area contributed by atoms with E-state index in [0.29, 0.717) is 11.3 Å². The standard InChI is InChI=1S/C22H19F4N3O4/c1-31-12-14-7-10-16(20(27)29-14)21(30)28-11-13-5-8-15(9-6-13)32-17-3-2-4-18(19(17)23)33-22(24,25)26/h2-10H,11-12H2,1H3,(H2,27,29)(H,28,30). The summed E-state index contributed by atoms with van der Waals surface area (Å²) >= 11 is 0. The predicted molar refractivity (Wildman–Crippen MR) is 110 cm³/mol. The number of nitrogen functional groups attached to an aromatic ring is 1. The van der Waals surface area contributed by atoms with E-state index in [1.165, 1.54) is 31.4 Å². The van der Waals surface area contributed by atoms with E-state index in [0.717, 1.165) is 6.07 Å². The summed E-state index contributed by atoms with van der Waals surface area (Å²) in [6.07, 6.45) is -5.03. The fourth-order valence-corrected chi connectivity index (χ4v) is 2.79. The molecule has 0 saturated carbocycles. The second-order valence-corrected chi connectivity index (χ2v) is 6.71. The number of aromatic nitrogens is 1. The van der Waals surface area contributed by atoms with Gasteiger partial charge in [-0.1, -0.05) is 18.2 Å². The Morgan fingerprint density at radius 1 is 1.06 bits per heavy atom. The van der Waals surface area contributed by atoms with E-state index in [-0.39, 0.29) is 30.3 Å². The summed E-state index contributed by atoms with van der Waals surface area (Å²) in [7, 11) is 1.52. The van der Waals surface area contributed by atoms with Crippen molar-refractivity contribution in [1.82, 2.24) is 10.3 Å². The van der Waals surface area contributed by atoms with E-state index >= 15 is 0 Å². The van der Waals surface area contributed by atoms with E-state index in [9.17, 15) is 22.4 Å². The highest BCUT2D eigenvalue weighted by molar-refractivity contribution is 5.98. The molecule has 33 heavy (non-hydrogen) atoms. The zero-order valence-electron chi connectivity index (χ0n) is 17.3. The minimum absolute atomic E-state index is 0.0737. The van der Waals surface area contributed by atoms with Crippen molar-refractivity contribution in [3.63, 3.8) is 0 Å². The van der Waals surface area contributed by atoms with Crippen molar-refractivity contribution >= 4 is 11.7 Å². The summed E-state index contributed by atoms with van der Waals surface area (Å²) in [6, 6.07) is 12.5. The van der Waals surface area contributed by atoms with Crippen molar-refractivity contribution in [2.75, 3.05) is 12.8 Å². The fourth-order valence-electron chi connectivity index (χ4n) is 2.79. The molecule has 11 heteroatoms. The number of hydrogen-bond acceptors (Lipinski definition) is 6. The van der Waals surface area contributed by atoms with E-state index < -0.39 is 29.6 Å². The number of rotatable bonds is 8. The number of carbonyl (C=O) groups is 1. The molecule has 2 aromatic carbocycles. The number of nitrogens with zero attached hydrogens (tertiary/aromatic N) is 1. The van der Waals surface area contributed by atoms with E-state index in [1.54, 1.807) is 24.3 Å². The summed E-state index contributed by atoms with van der Waals surface area (Å²) in [5.74, 6) is -2.89. The molecule has 0 unspecified atom stereocenters. The Labute approximate surface area is 186 Å². The van der Waals surface area contributed by atoms with Crippen molar-refractivity contribution in [3.8, 4) is 17.2 Å². The first kappa shape index (κ1) is 23.8. The lowest BCUT2D eigenvalue weighted by atomic mass is 10.2. The monoisotopic (exact) mass is 465 g/mol. The Morgan fingerprint density at radius 3 is 2.39 bits per heavy atom. The Balaban J connectivity index is 1.61. The summed E-state index contributed by atoms with van der Waals surface area (Å²) < 4.78 is 65.2. The molecule has 0 atom stereocenters. The number of halogens is 4. The molecule has 3 rings (SSSR count). The first-order chi connectivity index (χ1) is 15.7. The van der Waals surface area contributed by atoms with Crippen LogP contribution in [0.3, 0.4) is 0 Å². The molecule has 0 radical (unpaired) electrons. The van der Waals surface area contributed by atoms with E-state index in [4.69, 9.17) is 15.2 Å². The molecule has 0 bridgehead atoms. The maximum atomic E-state index is 14.2.